The van der Waals surface area contributed by atoms with Crippen LogP contribution in [0.25, 0.3) is 0 Å². The van der Waals surface area contributed by atoms with Crippen molar-refractivity contribution in [1.29, 1.82) is 0 Å². The van der Waals surface area contributed by atoms with Crippen LogP contribution in [0.3, 0.4) is 0 Å². The zero-order valence-electron chi connectivity index (χ0n) is 17.9. The Hall–Kier alpha value is -2.86. The van der Waals surface area contributed by atoms with Gasteiger partial charge in [0.15, 0.2) is 0 Å². The molecule has 0 spiro atoms. The van der Waals surface area contributed by atoms with Crippen molar-refractivity contribution in [1.82, 2.24) is 10.2 Å². The molecule has 2 amide bonds. The third kappa shape index (κ3) is 5.93. The number of nitrogens with one attached hydrogen (secondary N) is 1. The summed E-state index contributed by atoms with van der Waals surface area (Å²) in [6.45, 7) is 1.32. The largest absolute Gasteiger partial charge is 0.370 e. The van der Waals surface area contributed by atoms with Crippen LogP contribution in [0, 0.1) is 0 Å². The van der Waals surface area contributed by atoms with E-state index in [0.717, 1.165) is 11.1 Å². The second-order valence-electron chi connectivity index (χ2n) is 7.89. The van der Waals surface area contributed by atoms with Crippen molar-refractivity contribution in [3.8, 4) is 0 Å². The second kappa shape index (κ2) is 10.8. The predicted octanol–water partition coefficient (Wildman–Crippen LogP) is 4.93. The summed E-state index contributed by atoms with van der Waals surface area (Å²) in [5, 5.41) is 3.57. The Morgan fingerprint density at radius 2 is 1.70 bits per heavy atom. The van der Waals surface area contributed by atoms with Gasteiger partial charge in [-0.25, -0.2) is 0 Å². The molecule has 7 heteroatoms. The summed E-state index contributed by atoms with van der Waals surface area (Å²) in [5.74, 6) is -0.569. The summed E-state index contributed by atoms with van der Waals surface area (Å²) in [6.07, 6.45) is 0.159. The maximum atomic E-state index is 13.6. The number of hydrogen-bond donors (Lipinski definition) is 1. The summed E-state index contributed by atoms with van der Waals surface area (Å²) in [5.41, 5.74) is 2.24. The van der Waals surface area contributed by atoms with Crippen LogP contribution in [-0.2, 0) is 16.0 Å². The molecule has 1 saturated heterocycles. The standard InChI is InChI=1S/C26H24Cl2N2O3/c27-20-11-12-21(22(28)16-20)25(31)29-23(15-18-7-3-1-4-8-18)26(32)30-13-14-33-24(17-30)19-9-5-2-6-10-19/h1-12,16,23-24H,13-15,17H2,(H,29,31)/t23-,24+/m1/s1. The molecule has 5 nitrogen and oxygen atoms in total. The van der Waals surface area contributed by atoms with E-state index in [4.69, 9.17) is 27.9 Å². The fourth-order valence-electron chi connectivity index (χ4n) is 3.90. The smallest absolute Gasteiger partial charge is 0.253 e. The van der Waals surface area contributed by atoms with Gasteiger partial charge in [-0.2, -0.15) is 0 Å². The SMILES string of the molecule is O=C(N[C@H](Cc1ccccc1)C(=O)N1CCO[C@H](c2ccccc2)C1)c1ccc(Cl)cc1Cl. The molecule has 0 radical (unpaired) electrons. The van der Waals surface area contributed by atoms with Gasteiger partial charge in [0.2, 0.25) is 5.91 Å². The lowest BCUT2D eigenvalue weighted by molar-refractivity contribution is -0.141. The van der Waals surface area contributed by atoms with E-state index in [-0.39, 0.29) is 22.6 Å². The van der Waals surface area contributed by atoms with Crippen molar-refractivity contribution in [2.75, 3.05) is 19.7 Å². The van der Waals surface area contributed by atoms with Crippen molar-refractivity contribution < 1.29 is 14.3 Å². The van der Waals surface area contributed by atoms with Crippen molar-refractivity contribution >= 4 is 35.0 Å². The van der Waals surface area contributed by atoms with E-state index in [0.29, 0.717) is 31.1 Å². The molecule has 1 heterocycles. The van der Waals surface area contributed by atoms with E-state index >= 15 is 0 Å². The lowest BCUT2D eigenvalue weighted by Crippen LogP contribution is -2.53. The van der Waals surface area contributed by atoms with Crippen molar-refractivity contribution in [2.45, 2.75) is 18.6 Å². The molecule has 1 N–H and O–H groups in total. The number of morpholine rings is 1. The highest BCUT2D eigenvalue weighted by Gasteiger charge is 2.31. The van der Waals surface area contributed by atoms with E-state index in [2.05, 4.69) is 5.32 Å². The molecule has 0 aromatic heterocycles. The van der Waals surface area contributed by atoms with Crippen LogP contribution in [0.5, 0.6) is 0 Å². The second-order valence-corrected chi connectivity index (χ2v) is 8.74. The zero-order chi connectivity index (χ0) is 23.2. The molecule has 33 heavy (non-hydrogen) atoms. The number of benzene rings is 3. The van der Waals surface area contributed by atoms with E-state index in [9.17, 15) is 9.59 Å². The Bertz CT molecular complexity index is 1110. The normalized spacial score (nSPS) is 16.8. The molecule has 1 fully saturated rings. The van der Waals surface area contributed by atoms with E-state index in [1.54, 1.807) is 17.0 Å². The first-order valence-corrected chi connectivity index (χ1v) is 11.5. The van der Waals surface area contributed by atoms with Crippen LogP contribution in [-0.4, -0.2) is 42.5 Å². The quantitative estimate of drug-likeness (QED) is 0.541. The van der Waals surface area contributed by atoms with Crippen LogP contribution >= 0.6 is 23.2 Å². The molecule has 0 saturated carbocycles. The summed E-state index contributed by atoms with van der Waals surface area (Å²) in [6, 6.07) is 23.4. The van der Waals surface area contributed by atoms with Gasteiger partial charge < -0.3 is 15.0 Å². The van der Waals surface area contributed by atoms with Gasteiger partial charge >= 0.3 is 0 Å². The van der Waals surface area contributed by atoms with Crippen LogP contribution in [0.2, 0.25) is 10.0 Å². The van der Waals surface area contributed by atoms with Crippen LogP contribution < -0.4 is 5.32 Å². The summed E-state index contributed by atoms with van der Waals surface area (Å²) >= 11 is 12.2. The molecular formula is C26H24Cl2N2O3. The van der Waals surface area contributed by atoms with Gasteiger partial charge in [0.25, 0.3) is 5.91 Å². The molecule has 3 aromatic carbocycles. The predicted molar refractivity (Wildman–Crippen MR) is 130 cm³/mol. The molecule has 0 unspecified atom stereocenters. The topological polar surface area (TPSA) is 58.6 Å². The number of halogens is 2. The van der Waals surface area contributed by atoms with Gasteiger partial charge in [-0.05, 0) is 29.3 Å². The van der Waals surface area contributed by atoms with Crippen molar-refractivity contribution in [2.24, 2.45) is 0 Å². The number of rotatable bonds is 6. The third-order valence-electron chi connectivity index (χ3n) is 5.61. The lowest BCUT2D eigenvalue weighted by atomic mass is 10.0. The van der Waals surface area contributed by atoms with Crippen LogP contribution in [0.1, 0.15) is 27.6 Å². The number of nitrogens with zero attached hydrogens (tertiary/aromatic N) is 1. The fourth-order valence-corrected chi connectivity index (χ4v) is 4.39. The van der Waals surface area contributed by atoms with Crippen LogP contribution in [0.4, 0.5) is 0 Å². The molecule has 0 bridgehead atoms. The highest BCUT2D eigenvalue weighted by molar-refractivity contribution is 6.36. The van der Waals surface area contributed by atoms with E-state index in [1.165, 1.54) is 6.07 Å². The van der Waals surface area contributed by atoms with Crippen LogP contribution in [0.15, 0.2) is 78.9 Å². The molecule has 0 aliphatic carbocycles. The summed E-state index contributed by atoms with van der Waals surface area (Å²) < 4.78 is 5.91. The molecule has 1 aliphatic rings. The number of carbonyl (C=O) groups is 2. The van der Waals surface area contributed by atoms with Gasteiger partial charge in [0, 0.05) is 18.0 Å². The Balaban J connectivity index is 1.54. The maximum absolute atomic E-state index is 13.6. The van der Waals surface area contributed by atoms with Crippen molar-refractivity contribution in [3.05, 3.63) is 106 Å². The first kappa shape index (κ1) is 23.3. The highest BCUT2D eigenvalue weighted by atomic mass is 35.5. The Kier molecular flexibility index (Phi) is 7.65. The molecular weight excluding hydrogens is 459 g/mol. The minimum Gasteiger partial charge on any atom is -0.370 e. The average molecular weight is 483 g/mol. The molecule has 2 atom stereocenters. The van der Waals surface area contributed by atoms with Gasteiger partial charge in [-0.15, -0.1) is 0 Å². The molecule has 1 aliphatic heterocycles. The zero-order valence-corrected chi connectivity index (χ0v) is 19.4. The Morgan fingerprint density at radius 1 is 1.00 bits per heavy atom. The summed E-state index contributed by atoms with van der Waals surface area (Å²) in [4.78, 5) is 28.4. The maximum Gasteiger partial charge on any atom is 0.253 e. The summed E-state index contributed by atoms with van der Waals surface area (Å²) in [7, 11) is 0. The van der Waals surface area contributed by atoms with E-state index < -0.39 is 11.9 Å². The first-order chi connectivity index (χ1) is 16.0. The van der Waals surface area contributed by atoms with Gasteiger partial charge in [0.05, 0.1) is 23.7 Å². The third-order valence-corrected chi connectivity index (χ3v) is 6.16. The minimum atomic E-state index is -0.749. The number of hydrogen-bond acceptors (Lipinski definition) is 3. The van der Waals surface area contributed by atoms with Gasteiger partial charge in [-0.1, -0.05) is 83.9 Å². The van der Waals surface area contributed by atoms with Crippen molar-refractivity contribution in [3.63, 3.8) is 0 Å². The molecule has 4 rings (SSSR count). The number of ether oxygens (including phenoxy) is 1. The number of amides is 2. The number of carbonyl (C=O) groups excluding carboxylic acids is 2. The van der Waals surface area contributed by atoms with Gasteiger partial charge in [-0.3, -0.25) is 9.59 Å². The fraction of sp³-hybridized carbons (Fsp3) is 0.231. The molecule has 3 aromatic rings. The van der Waals surface area contributed by atoms with Gasteiger partial charge in [0.1, 0.15) is 12.1 Å². The van der Waals surface area contributed by atoms with E-state index in [1.807, 2.05) is 60.7 Å². The lowest BCUT2D eigenvalue weighted by Gasteiger charge is -2.35. The molecule has 170 valence electrons. The Labute approximate surface area is 203 Å². The minimum absolute atomic E-state index is 0.151. The average Bonchev–Trinajstić information content (AvgIpc) is 2.84. The Morgan fingerprint density at radius 3 is 2.39 bits per heavy atom. The first-order valence-electron chi connectivity index (χ1n) is 10.8. The monoisotopic (exact) mass is 482 g/mol. The highest BCUT2D eigenvalue weighted by Crippen LogP contribution is 2.24.